The lowest BCUT2D eigenvalue weighted by Crippen LogP contribution is -2.41. The van der Waals surface area contributed by atoms with Crippen molar-refractivity contribution in [1.29, 1.82) is 0 Å². The van der Waals surface area contributed by atoms with Gasteiger partial charge in [-0.05, 0) is 52.6 Å². The minimum absolute atomic E-state index is 0.125. The van der Waals surface area contributed by atoms with E-state index in [1.807, 2.05) is 6.07 Å². The van der Waals surface area contributed by atoms with Gasteiger partial charge in [0, 0.05) is 36.2 Å². The second kappa shape index (κ2) is 8.39. The zero-order valence-corrected chi connectivity index (χ0v) is 18.9. The highest BCUT2D eigenvalue weighted by Crippen LogP contribution is 2.42. The number of aromatic amines is 1. The molecule has 7 heteroatoms. The van der Waals surface area contributed by atoms with E-state index in [1.54, 1.807) is 7.11 Å². The summed E-state index contributed by atoms with van der Waals surface area (Å²) in [6, 6.07) is 14.7. The maximum atomic E-state index is 6.20. The van der Waals surface area contributed by atoms with Crippen LogP contribution in [-0.4, -0.2) is 52.3 Å². The van der Waals surface area contributed by atoms with Gasteiger partial charge in [0.2, 0.25) is 0 Å². The second-order valence-corrected chi connectivity index (χ2v) is 9.20. The normalized spacial score (nSPS) is 16.7. The number of aromatic nitrogens is 4. The third-order valence-corrected chi connectivity index (χ3v) is 6.54. The van der Waals surface area contributed by atoms with Crippen LogP contribution in [0.1, 0.15) is 49.2 Å². The van der Waals surface area contributed by atoms with E-state index in [9.17, 15) is 0 Å². The molecule has 3 aromatic rings. The number of hydrogen-bond donors (Lipinski definition) is 1. The van der Waals surface area contributed by atoms with Crippen LogP contribution in [-0.2, 0) is 12.0 Å². The van der Waals surface area contributed by atoms with Gasteiger partial charge in [-0.2, -0.15) is 0 Å². The van der Waals surface area contributed by atoms with Crippen molar-refractivity contribution in [3.05, 3.63) is 70.6 Å². The monoisotopic (exact) mass is 431 g/mol. The van der Waals surface area contributed by atoms with E-state index < -0.39 is 0 Å². The Bertz CT molecular complexity index is 1130. The van der Waals surface area contributed by atoms with Crippen molar-refractivity contribution in [3.8, 4) is 11.5 Å². The van der Waals surface area contributed by atoms with E-state index >= 15 is 0 Å². The third kappa shape index (κ3) is 3.88. The van der Waals surface area contributed by atoms with Crippen LogP contribution in [0.5, 0.6) is 11.5 Å². The van der Waals surface area contributed by atoms with E-state index in [0.717, 1.165) is 49.8 Å². The van der Waals surface area contributed by atoms with Crippen LogP contribution >= 0.6 is 0 Å². The molecule has 0 bridgehead atoms. The fourth-order valence-corrected chi connectivity index (χ4v) is 4.85. The van der Waals surface area contributed by atoms with Gasteiger partial charge in [0.05, 0.1) is 7.11 Å². The number of benzene rings is 2. The lowest BCUT2D eigenvalue weighted by molar-refractivity contribution is 0.206. The van der Waals surface area contributed by atoms with Gasteiger partial charge in [0.1, 0.15) is 18.1 Å². The fraction of sp³-hybridized carbons (Fsp3) is 0.400. The molecule has 1 N–H and O–H groups in total. The van der Waals surface area contributed by atoms with Crippen LogP contribution in [0.25, 0.3) is 5.57 Å². The van der Waals surface area contributed by atoms with Crippen molar-refractivity contribution in [3.63, 3.8) is 0 Å². The molecule has 1 saturated heterocycles. The molecule has 2 aromatic carbocycles. The van der Waals surface area contributed by atoms with E-state index in [-0.39, 0.29) is 5.41 Å². The largest absolute Gasteiger partial charge is 0.497 e. The van der Waals surface area contributed by atoms with Crippen LogP contribution in [0, 0.1) is 0 Å². The summed E-state index contributed by atoms with van der Waals surface area (Å²) in [6.45, 7) is 7.86. The number of tetrazole rings is 1. The van der Waals surface area contributed by atoms with Crippen LogP contribution in [0.3, 0.4) is 0 Å². The van der Waals surface area contributed by atoms with Crippen molar-refractivity contribution in [2.24, 2.45) is 0 Å². The Morgan fingerprint density at radius 3 is 2.66 bits per heavy atom. The van der Waals surface area contributed by atoms with Gasteiger partial charge in [-0.3, -0.25) is 0 Å². The highest BCUT2D eigenvalue weighted by molar-refractivity contribution is 5.87. The van der Waals surface area contributed by atoms with Crippen LogP contribution in [0.4, 0.5) is 0 Å². The first kappa shape index (κ1) is 20.7. The lowest BCUT2D eigenvalue weighted by atomic mass is 9.85. The van der Waals surface area contributed by atoms with Gasteiger partial charge in [-0.25, -0.2) is 5.10 Å². The highest BCUT2D eigenvalue weighted by atomic mass is 16.5. The third-order valence-electron chi connectivity index (χ3n) is 6.54. The van der Waals surface area contributed by atoms with Crippen LogP contribution < -0.4 is 9.47 Å². The Morgan fingerprint density at radius 2 is 1.91 bits per heavy atom. The first-order valence-corrected chi connectivity index (χ1v) is 11.1. The minimum Gasteiger partial charge on any atom is -0.497 e. The molecule has 1 fully saturated rings. The number of piperidine rings is 1. The molecule has 1 aromatic heterocycles. The molecule has 0 saturated carbocycles. The highest BCUT2D eigenvalue weighted by Gasteiger charge is 2.30. The summed E-state index contributed by atoms with van der Waals surface area (Å²) in [4.78, 5) is 2.51. The Balaban J connectivity index is 1.46. The topological polar surface area (TPSA) is 76.2 Å². The number of rotatable bonds is 4. The Kier molecular flexibility index (Phi) is 5.43. The number of ether oxygens (including phenoxy) is 2. The van der Waals surface area contributed by atoms with Gasteiger partial charge >= 0.3 is 0 Å². The predicted molar refractivity (Wildman–Crippen MR) is 123 cm³/mol. The maximum absolute atomic E-state index is 6.20. The average Bonchev–Trinajstić information content (AvgIpc) is 3.31. The lowest BCUT2D eigenvalue weighted by Gasteiger charge is -2.35. The maximum Gasteiger partial charge on any atom is 0.155 e. The summed E-state index contributed by atoms with van der Waals surface area (Å²) in [6.07, 6.45) is 2.06. The van der Waals surface area contributed by atoms with Crippen molar-refractivity contribution in [1.82, 2.24) is 25.5 Å². The molecule has 5 rings (SSSR count). The molecule has 0 spiro atoms. The summed E-state index contributed by atoms with van der Waals surface area (Å²) < 4.78 is 11.7. The Labute approximate surface area is 188 Å². The Hall–Kier alpha value is -3.19. The molecule has 2 aliphatic heterocycles. The van der Waals surface area contributed by atoms with E-state index in [4.69, 9.17) is 9.47 Å². The molecular formula is C25H29N5O2. The summed E-state index contributed by atoms with van der Waals surface area (Å²) in [5, 5.41) is 14.6. The van der Waals surface area contributed by atoms with Crippen molar-refractivity contribution < 1.29 is 9.47 Å². The fourth-order valence-electron chi connectivity index (χ4n) is 4.85. The van der Waals surface area contributed by atoms with Crippen molar-refractivity contribution >= 4 is 5.57 Å². The molecule has 3 heterocycles. The van der Waals surface area contributed by atoms with Gasteiger partial charge in [-0.15, -0.1) is 5.10 Å². The molecule has 0 aliphatic carbocycles. The zero-order valence-electron chi connectivity index (χ0n) is 18.9. The molecule has 0 unspecified atom stereocenters. The molecule has 32 heavy (non-hydrogen) atoms. The van der Waals surface area contributed by atoms with Gasteiger partial charge in [0.15, 0.2) is 5.82 Å². The van der Waals surface area contributed by atoms with E-state index in [1.165, 1.54) is 27.8 Å². The molecule has 0 amide bonds. The zero-order chi connectivity index (χ0) is 22.1. The molecule has 0 atom stereocenters. The smallest absolute Gasteiger partial charge is 0.155 e. The summed E-state index contributed by atoms with van der Waals surface area (Å²) in [5.74, 6) is 2.65. The summed E-state index contributed by atoms with van der Waals surface area (Å²) in [7, 11) is 1.71. The van der Waals surface area contributed by atoms with Gasteiger partial charge in [-0.1, -0.05) is 43.7 Å². The van der Waals surface area contributed by atoms with Crippen LogP contribution in [0.2, 0.25) is 0 Å². The van der Waals surface area contributed by atoms with Gasteiger partial charge in [0.25, 0.3) is 0 Å². The average molecular weight is 432 g/mol. The molecule has 166 valence electrons. The van der Waals surface area contributed by atoms with Crippen molar-refractivity contribution in [2.45, 2.75) is 38.7 Å². The summed E-state index contributed by atoms with van der Waals surface area (Å²) >= 11 is 0. The quantitative estimate of drug-likeness (QED) is 0.674. The summed E-state index contributed by atoms with van der Waals surface area (Å²) in [5.41, 5.74) is 6.31. The number of likely N-dealkylation sites (tertiary alicyclic amines) is 1. The second-order valence-electron chi connectivity index (χ2n) is 9.20. The number of nitrogens with one attached hydrogen (secondary N) is 1. The van der Waals surface area contributed by atoms with E-state index in [0.29, 0.717) is 6.61 Å². The van der Waals surface area contributed by atoms with E-state index in [2.05, 4.69) is 75.8 Å². The minimum atomic E-state index is -0.125. The first-order chi connectivity index (χ1) is 15.5. The van der Waals surface area contributed by atoms with Crippen molar-refractivity contribution in [2.75, 3.05) is 26.7 Å². The number of H-pyrrole nitrogens is 1. The number of hydrogen-bond acceptors (Lipinski definition) is 6. The predicted octanol–water partition coefficient (Wildman–Crippen LogP) is 3.98. The standard InChI is InChI=1S/C25H29N5O2/c1-25(2,24-26-28-29-27-24)16-30-12-10-17(11-13-30)23-20-9-8-19(31-3)14-18(20)15-32-22-7-5-4-6-21(22)23/h4-9,14H,10-13,15-16H2,1-3H3,(H,26,27,28,29). The molecule has 7 nitrogen and oxygen atoms in total. The van der Waals surface area contributed by atoms with Gasteiger partial charge < -0.3 is 14.4 Å². The number of methoxy groups -OCH3 is 1. The SMILES string of the molecule is COc1ccc2c(c1)COc1ccccc1C2=C1CCN(CC(C)(C)c2nnn[nH]2)CC1. The molecule has 2 aliphatic rings. The number of nitrogens with zero attached hydrogens (tertiary/aromatic N) is 4. The molecule has 0 radical (unpaired) electrons. The number of para-hydroxylation sites is 1. The Morgan fingerprint density at radius 1 is 1.09 bits per heavy atom. The number of fused-ring (bicyclic) bond motifs is 2. The van der Waals surface area contributed by atoms with Crippen LogP contribution in [0.15, 0.2) is 48.0 Å². The first-order valence-electron chi connectivity index (χ1n) is 11.1. The molecular weight excluding hydrogens is 402 g/mol.